The highest BCUT2D eigenvalue weighted by Crippen LogP contribution is 1.90. The van der Waals surface area contributed by atoms with Gasteiger partial charge in [-0.1, -0.05) is 20.8 Å². The first-order valence-electron chi connectivity index (χ1n) is 4.69. The summed E-state index contributed by atoms with van der Waals surface area (Å²) in [5.41, 5.74) is 0. The molecule has 1 unspecified atom stereocenters. The minimum Gasteiger partial charge on any atom is -0.481 e. The average Bonchev–Trinajstić information content (AvgIpc) is 2.15. The highest BCUT2D eigenvalue weighted by atomic mass is 16.4. The van der Waals surface area contributed by atoms with E-state index in [1.54, 1.807) is 6.92 Å². The highest BCUT2D eigenvalue weighted by molar-refractivity contribution is 5.69. The molecule has 0 aromatic carbocycles. The Labute approximate surface area is 84.1 Å². The molecule has 14 heavy (non-hydrogen) atoms. The quantitative estimate of drug-likeness (QED) is 0.558. The van der Waals surface area contributed by atoms with Crippen molar-refractivity contribution >= 4 is 11.9 Å². The molecule has 0 saturated carbocycles. The van der Waals surface area contributed by atoms with Crippen LogP contribution in [0.4, 0.5) is 0 Å². The molecule has 0 spiro atoms. The third-order valence-electron chi connectivity index (χ3n) is 1.39. The van der Waals surface area contributed by atoms with Crippen LogP contribution in [0.1, 0.15) is 27.2 Å². The van der Waals surface area contributed by atoms with Gasteiger partial charge in [0.15, 0.2) is 0 Å². The van der Waals surface area contributed by atoms with Crippen LogP contribution in [0.3, 0.4) is 0 Å². The monoisotopic (exact) mass is 205 g/mol. The van der Waals surface area contributed by atoms with E-state index in [4.69, 9.17) is 10.2 Å². The second kappa shape index (κ2) is 9.98. The van der Waals surface area contributed by atoms with E-state index in [-0.39, 0.29) is 6.42 Å². The second-order valence-electron chi connectivity index (χ2n) is 2.59. The Kier molecular flexibility index (Phi) is 11.0. The lowest BCUT2D eigenvalue weighted by Crippen LogP contribution is -2.27. The summed E-state index contributed by atoms with van der Waals surface area (Å²) in [7, 11) is 0. The molecule has 5 heteroatoms. The van der Waals surface area contributed by atoms with Gasteiger partial charge in [0.2, 0.25) is 0 Å². The van der Waals surface area contributed by atoms with Gasteiger partial charge in [-0.25, -0.2) is 0 Å². The Morgan fingerprint density at radius 2 is 1.79 bits per heavy atom. The van der Waals surface area contributed by atoms with Gasteiger partial charge in [0.1, 0.15) is 0 Å². The summed E-state index contributed by atoms with van der Waals surface area (Å²) >= 11 is 0. The first kappa shape index (κ1) is 15.4. The average molecular weight is 205 g/mol. The van der Waals surface area contributed by atoms with Gasteiger partial charge in [0.05, 0.1) is 12.3 Å². The van der Waals surface area contributed by atoms with E-state index >= 15 is 0 Å². The van der Waals surface area contributed by atoms with Crippen LogP contribution >= 0.6 is 0 Å². The van der Waals surface area contributed by atoms with Crippen molar-refractivity contribution in [2.45, 2.75) is 27.2 Å². The van der Waals surface area contributed by atoms with Crippen LogP contribution in [0.5, 0.6) is 0 Å². The summed E-state index contributed by atoms with van der Waals surface area (Å²) < 4.78 is 0. The van der Waals surface area contributed by atoms with E-state index in [9.17, 15) is 9.59 Å². The molecule has 0 aromatic heterocycles. The maximum atomic E-state index is 10.3. The molecule has 1 atom stereocenters. The molecule has 0 amide bonds. The van der Waals surface area contributed by atoms with Crippen LogP contribution < -0.4 is 5.32 Å². The summed E-state index contributed by atoms with van der Waals surface area (Å²) in [5, 5.41) is 19.4. The van der Waals surface area contributed by atoms with E-state index in [2.05, 4.69) is 5.32 Å². The molecule has 5 nitrogen and oxygen atoms in total. The molecule has 0 aromatic rings. The number of carboxylic acid groups (broad SMARTS) is 2. The van der Waals surface area contributed by atoms with Crippen molar-refractivity contribution < 1.29 is 19.8 Å². The number of hydrogen-bond acceptors (Lipinski definition) is 3. The lowest BCUT2D eigenvalue weighted by molar-refractivity contribution is -0.140. The van der Waals surface area contributed by atoms with E-state index in [0.29, 0.717) is 13.1 Å². The lowest BCUT2D eigenvalue weighted by atomic mass is 10.2. The Morgan fingerprint density at radius 3 is 2.14 bits per heavy atom. The summed E-state index contributed by atoms with van der Waals surface area (Å²) in [5.74, 6) is -2.23. The first-order valence-corrected chi connectivity index (χ1v) is 4.69. The number of aliphatic carboxylic acids is 2. The summed E-state index contributed by atoms with van der Waals surface area (Å²) in [6.45, 7) is 6.19. The molecule has 0 aliphatic heterocycles. The second-order valence-corrected chi connectivity index (χ2v) is 2.59. The molecule has 0 rings (SSSR count). The maximum Gasteiger partial charge on any atom is 0.307 e. The largest absolute Gasteiger partial charge is 0.481 e. The van der Waals surface area contributed by atoms with Gasteiger partial charge in [-0.05, 0) is 0 Å². The fourth-order valence-corrected chi connectivity index (χ4v) is 0.601. The Balaban J connectivity index is 0. The highest BCUT2D eigenvalue weighted by Gasteiger charge is 2.09. The van der Waals surface area contributed by atoms with Crippen LogP contribution in [0, 0.1) is 5.92 Å². The van der Waals surface area contributed by atoms with Crippen LogP contribution in [-0.4, -0.2) is 35.2 Å². The molecular weight excluding hydrogens is 186 g/mol. The molecule has 0 bridgehead atoms. The van der Waals surface area contributed by atoms with E-state index < -0.39 is 17.9 Å². The Hall–Kier alpha value is -1.10. The van der Waals surface area contributed by atoms with Crippen molar-refractivity contribution in [2.24, 2.45) is 5.92 Å². The van der Waals surface area contributed by atoms with Gasteiger partial charge < -0.3 is 15.5 Å². The summed E-state index contributed by atoms with van der Waals surface area (Å²) in [6.07, 6.45) is 0.0202. The lowest BCUT2D eigenvalue weighted by Gasteiger charge is -2.06. The van der Waals surface area contributed by atoms with Gasteiger partial charge in [-0.15, -0.1) is 0 Å². The van der Waals surface area contributed by atoms with E-state index in [1.165, 1.54) is 0 Å². The first-order chi connectivity index (χ1) is 6.54. The molecule has 0 fully saturated rings. The predicted octanol–water partition coefficient (Wildman–Crippen LogP) is 0.798. The molecule has 0 saturated heterocycles. The standard InChI is InChI=1S/C7H13NO4.C2H6/c1-5(7(11)12)4-8-3-2-6(9)10;1-2/h5,8H,2-4H2,1H3,(H,9,10)(H,11,12);1-2H3. The van der Waals surface area contributed by atoms with Gasteiger partial charge in [0.25, 0.3) is 0 Å². The van der Waals surface area contributed by atoms with Gasteiger partial charge in [-0.2, -0.15) is 0 Å². The van der Waals surface area contributed by atoms with Crippen molar-refractivity contribution in [1.82, 2.24) is 5.32 Å². The topological polar surface area (TPSA) is 86.6 Å². The van der Waals surface area contributed by atoms with Crippen LogP contribution in [0.2, 0.25) is 0 Å². The van der Waals surface area contributed by atoms with Crippen molar-refractivity contribution in [2.75, 3.05) is 13.1 Å². The van der Waals surface area contributed by atoms with E-state index in [1.807, 2.05) is 13.8 Å². The fourth-order valence-electron chi connectivity index (χ4n) is 0.601. The third-order valence-corrected chi connectivity index (χ3v) is 1.39. The fraction of sp³-hybridized carbons (Fsp3) is 0.778. The van der Waals surface area contributed by atoms with Crippen molar-refractivity contribution in [3.63, 3.8) is 0 Å². The van der Waals surface area contributed by atoms with Crippen molar-refractivity contribution in [1.29, 1.82) is 0 Å². The smallest absolute Gasteiger partial charge is 0.307 e. The van der Waals surface area contributed by atoms with Crippen molar-refractivity contribution in [3.05, 3.63) is 0 Å². The third kappa shape index (κ3) is 10.9. The Morgan fingerprint density at radius 1 is 1.29 bits per heavy atom. The van der Waals surface area contributed by atoms with Gasteiger partial charge in [0, 0.05) is 13.1 Å². The minimum atomic E-state index is -0.884. The minimum absolute atomic E-state index is 0.0202. The number of carboxylic acids is 2. The number of carbonyl (C=O) groups is 2. The van der Waals surface area contributed by atoms with Crippen molar-refractivity contribution in [3.8, 4) is 0 Å². The van der Waals surface area contributed by atoms with E-state index in [0.717, 1.165) is 0 Å². The van der Waals surface area contributed by atoms with Crippen LogP contribution in [0.15, 0.2) is 0 Å². The molecule has 0 aliphatic carbocycles. The summed E-state index contributed by atoms with van der Waals surface area (Å²) in [6, 6.07) is 0. The predicted molar refractivity (Wildman–Crippen MR) is 53.3 cm³/mol. The zero-order chi connectivity index (χ0) is 11.6. The molecular formula is C9H19NO4. The SMILES string of the molecule is CC.CC(CNCCC(=O)O)C(=O)O. The zero-order valence-electron chi connectivity index (χ0n) is 8.91. The number of rotatable bonds is 6. The molecule has 0 radical (unpaired) electrons. The molecule has 0 heterocycles. The zero-order valence-corrected chi connectivity index (χ0v) is 8.91. The normalized spacial score (nSPS) is 11.1. The molecule has 0 aliphatic rings. The Bertz CT molecular complexity index is 170. The number of nitrogens with one attached hydrogen (secondary N) is 1. The van der Waals surface area contributed by atoms with Crippen LogP contribution in [-0.2, 0) is 9.59 Å². The molecule has 84 valence electrons. The molecule has 3 N–H and O–H groups in total. The van der Waals surface area contributed by atoms with Gasteiger partial charge >= 0.3 is 11.9 Å². The number of hydrogen-bond donors (Lipinski definition) is 3. The van der Waals surface area contributed by atoms with Gasteiger partial charge in [-0.3, -0.25) is 9.59 Å². The summed E-state index contributed by atoms with van der Waals surface area (Å²) in [4.78, 5) is 20.3. The maximum absolute atomic E-state index is 10.3. The van der Waals surface area contributed by atoms with Crippen LogP contribution in [0.25, 0.3) is 0 Å².